The van der Waals surface area contributed by atoms with Gasteiger partial charge in [0.15, 0.2) is 0 Å². The molecule has 0 atom stereocenters. The van der Waals surface area contributed by atoms with Gasteiger partial charge in [0.05, 0.1) is 21.4 Å². The summed E-state index contributed by atoms with van der Waals surface area (Å²) in [4.78, 5) is 0. The van der Waals surface area contributed by atoms with Crippen molar-refractivity contribution in [2.75, 3.05) is 44.0 Å². The molecule has 4 N–H and O–H groups in total. The summed E-state index contributed by atoms with van der Waals surface area (Å²) in [6, 6.07) is 19.9. The van der Waals surface area contributed by atoms with E-state index in [1.54, 1.807) is 44.6 Å². The summed E-state index contributed by atoms with van der Waals surface area (Å²) in [6.07, 6.45) is 0. The summed E-state index contributed by atoms with van der Waals surface area (Å²) in [5.41, 5.74) is 8.06. The van der Waals surface area contributed by atoms with E-state index in [0.717, 1.165) is 12.8 Å². The van der Waals surface area contributed by atoms with Gasteiger partial charge < -0.3 is 15.8 Å². The minimum absolute atomic E-state index is 0.324. The van der Waals surface area contributed by atoms with Crippen LogP contribution in [0.4, 0.5) is 17.1 Å². The Labute approximate surface area is 204 Å². The quantitative estimate of drug-likeness (QED) is 0.234. The molecule has 0 radical (unpaired) electrons. The van der Waals surface area contributed by atoms with Gasteiger partial charge in [-0.3, -0.25) is 0 Å². The summed E-state index contributed by atoms with van der Waals surface area (Å²) >= 11 is 17.3. The molecule has 0 bridgehead atoms. The van der Waals surface area contributed by atoms with Crippen molar-refractivity contribution < 1.29 is 14.2 Å². The van der Waals surface area contributed by atoms with Crippen molar-refractivity contribution in [1.82, 2.24) is 0 Å². The van der Waals surface area contributed by atoms with Crippen molar-refractivity contribution in [3.05, 3.63) is 81.8 Å². The molecular weight excluding hydrogens is 471 g/mol. The molecular formula is C22H25BCl3N3O3. The van der Waals surface area contributed by atoms with Crippen molar-refractivity contribution in [1.29, 1.82) is 0 Å². The van der Waals surface area contributed by atoms with E-state index in [1.807, 2.05) is 36.4 Å². The second kappa shape index (κ2) is 16.4. The fourth-order valence-corrected chi connectivity index (χ4v) is 2.79. The Kier molecular flexibility index (Phi) is 14.2. The Bertz CT molecular complexity index is 943. The van der Waals surface area contributed by atoms with E-state index in [2.05, 4.69) is 10.6 Å². The monoisotopic (exact) mass is 495 g/mol. The van der Waals surface area contributed by atoms with Crippen molar-refractivity contribution in [2.45, 2.75) is 0 Å². The number of hydrogen-bond acceptors (Lipinski definition) is 6. The molecule has 0 unspecified atom stereocenters. The molecule has 3 rings (SSSR count). The molecule has 0 fully saturated rings. The molecule has 3 aromatic rings. The molecule has 0 aliphatic rings. The van der Waals surface area contributed by atoms with E-state index in [0.29, 0.717) is 45.4 Å². The number of nitrogen functional groups attached to an aromatic ring is 1. The predicted octanol–water partition coefficient (Wildman–Crippen LogP) is 5.31. The molecule has 32 heavy (non-hydrogen) atoms. The van der Waals surface area contributed by atoms with Crippen molar-refractivity contribution in [3.8, 4) is 0 Å². The summed E-state index contributed by atoms with van der Waals surface area (Å²) in [5, 5.41) is 7.75. The molecule has 10 heteroatoms. The third kappa shape index (κ3) is 10.4. The maximum atomic E-state index is 10.6. The first-order valence-electron chi connectivity index (χ1n) is 9.38. The van der Waals surface area contributed by atoms with E-state index in [4.69, 9.17) is 50.0 Å². The first-order chi connectivity index (χ1) is 15.4. The summed E-state index contributed by atoms with van der Waals surface area (Å²) in [5.74, 6) is 0. The zero-order chi connectivity index (χ0) is 23.8. The normalized spacial score (nSPS) is 9.41. The largest absolute Gasteiger partial charge is 0.398 e. The van der Waals surface area contributed by atoms with Crippen LogP contribution in [0, 0.1) is 0 Å². The standard InChI is InChI=1S/C8H9BClNO2.C8H10ClNO.C6H6ClN/c1-13-5-11-8-6(9-12)3-2-4-7(8)10;1-11-6-10-8-5-3-2-4-7(8)9;7-5-3-1-2-4-6(5)8/h2-4,11H,5H2,1H3;2-5,10H,6H2,1H3;1-4H,8H2. The molecule has 0 heterocycles. The number of hydrogen-bond donors (Lipinski definition) is 3. The molecule has 0 aromatic heterocycles. The maximum Gasteiger partial charge on any atom is 0.116 e. The Hall–Kier alpha value is -2.29. The van der Waals surface area contributed by atoms with Gasteiger partial charge in [0, 0.05) is 7.11 Å². The van der Waals surface area contributed by atoms with Gasteiger partial charge in [-0.2, -0.15) is 0 Å². The number of anilines is 3. The third-order valence-corrected chi connectivity index (χ3v) is 4.74. The number of methoxy groups -OCH3 is 2. The van der Waals surface area contributed by atoms with Gasteiger partial charge >= 0.3 is 81.7 Å². The average molecular weight is 497 g/mol. The van der Waals surface area contributed by atoms with Gasteiger partial charge in [0.25, 0.3) is 0 Å². The number of para-hydroxylation sites is 3. The Morgan fingerprint density at radius 3 is 1.88 bits per heavy atom. The smallest absolute Gasteiger partial charge is 0.116 e. The minimum Gasteiger partial charge on any atom is -0.398 e. The second-order valence-corrected chi connectivity index (χ2v) is 7.26. The Balaban J connectivity index is 0.000000247. The molecule has 170 valence electrons. The van der Waals surface area contributed by atoms with Crippen molar-refractivity contribution in [3.63, 3.8) is 0 Å². The topological polar surface area (TPSA) is 85.6 Å². The van der Waals surface area contributed by atoms with Gasteiger partial charge in [-0.25, -0.2) is 0 Å². The van der Waals surface area contributed by atoms with E-state index in [9.17, 15) is 4.70 Å². The van der Waals surface area contributed by atoms with E-state index in [-0.39, 0.29) is 0 Å². The summed E-state index contributed by atoms with van der Waals surface area (Å²) < 4.78 is 20.2. The van der Waals surface area contributed by atoms with Crippen LogP contribution in [0.5, 0.6) is 0 Å². The Morgan fingerprint density at radius 2 is 1.34 bits per heavy atom. The Morgan fingerprint density at radius 1 is 0.781 bits per heavy atom. The fraction of sp³-hybridized carbons (Fsp3) is 0.182. The summed E-state index contributed by atoms with van der Waals surface area (Å²) in [6.45, 7) is 0.800. The molecule has 0 saturated heterocycles. The molecule has 6 nitrogen and oxygen atoms in total. The van der Waals surface area contributed by atoms with Crippen molar-refractivity contribution >= 4 is 64.5 Å². The van der Waals surface area contributed by atoms with Crippen LogP contribution in [-0.4, -0.2) is 34.8 Å². The van der Waals surface area contributed by atoms with Gasteiger partial charge in [0.1, 0.15) is 6.73 Å². The number of ether oxygens (including phenoxy) is 2. The first-order valence-corrected chi connectivity index (χ1v) is 10.5. The van der Waals surface area contributed by atoms with Gasteiger partial charge in [-0.05, 0) is 24.3 Å². The first kappa shape index (κ1) is 27.7. The zero-order valence-electron chi connectivity index (χ0n) is 17.8. The van der Waals surface area contributed by atoms with Crippen LogP contribution in [0.25, 0.3) is 0 Å². The zero-order valence-corrected chi connectivity index (χ0v) is 20.0. The van der Waals surface area contributed by atoms with Crippen LogP contribution in [0.1, 0.15) is 0 Å². The van der Waals surface area contributed by atoms with E-state index < -0.39 is 0 Å². The number of halogens is 3. The maximum absolute atomic E-state index is 10.6. The molecule has 3 aromatic carbocycles. The van der Waals surface area contributed by atoms with E-state index >= 15 is 0 Å². The van der Waals surface area contributed by atoms with Gasteiger partial charge in [-0.15, -0.1) is 0 Å². The molecule has 0 saturated carbocycles. The number of rotatable bonds is 7. The molecule has 0 aliphatic heterocycles. The van der Waals surface area contributed by atoms with Crippen LogP contribution < -0.4 is 21.8 Å². The molecule has 0 amide bonds. The number of nitrogens with two attached hydrogens (primary N) is 1. The van der Waals surface area contributed by atoms with Crippen LogP contribution >= 0.6 is 34.8 Å². The summed E-state index contributed by atoms with van der Waals surface area (Å²) in [7, 11) is 3.94. The average Bonchev–Trinajstić information content (AvgIpc) is 2.80. The SMILES string of the molecule is COCNc1c(Cl)cccc1B=O.COCNc1ccccc1Cl.Nc1ccccc1Cl. The second-order valence-electron chi connectivity index (χ2n) is 6.04. The van der Waals surface area contributed by atoms with Crippen molar-refractivity contribution in [2.24, 2.45) is 0 Å². The van der Waals surface area contributed by atoms with Crippen LogP contribution in [0.15, 0.2) is 66.7 Å². The number of nitrogens with one attached hydrogen (secondary N) is 2. The van der Waals surface area contributed by atoms with Crippen LogP contribution in [0.2, 0.25) is 15.1 Å². The predicted molar refractivity (Wildman–Crippen MR) is 136 cm³/mol. The van der Waals surface area contributed by atoms with Gasteiger partial charge in [0.2, 0.25) is 0 Å². The van der Waals surface area contributed by atoms with Crippen LogP contribution in [0.3, 0.4) is 0 Å². The minimum atomic E-state index is 0.324. The van der Waals surface area contributed by atoms with E-state index in [1.165, 1.54) is 0 Å². The van der Waals surface area contributed by atoms with Gasteiger partial charge in [-0.1, -0.05) is 47.5 Å². The fourth-order valence-electron chi connectivity index (χ4n) is 2.20. The number of benzene rings is 3. The molecule has 0 aliphatic carbocycles. The molecule has 0 spiro atoms. The third-order valence-electron chi connectivity index (χ3n) is 3.75. The van der Waals surface area contributed by atoms with Crippen LogP contribution in [-0.2, 0) is 14.2 Å².